The minimum absolute atomic E-state index is 0.238. The number of carbonyl (C=O) groups is 2. The van der Waals surface area contributed by atoms with Crippen molar-refractivity contribution in [3.63, 3.8) is 0 Å². The number of amides is 1. The lowest BCUT2D eigenvalue weighted by Gasteiger charge is -2.00. The maximum absolute atomic E-state index is 11.1. The van der Waals surface area contributed by atoms with Gasteiger partial charge in [-0.1, -0.05) is 39.2 Å². The third-order valence-electron chi connectivity index (χ3n) is 1.33. The van der Waals surface area contributed by atoms with Crippen molar-refractivity contribution in [1.82, 2.24) is 5.32 Å². The summed E-state index contributed by atoms with van der Waals surface area (Å²) in [5, 5.41) is 2.39. The molecule has 3 nitrogen and oxygen atoms in total. The SMILES string of the molecule is C=C/C(C=O)=C(\C=C)C(=O)NC.CC. The van der Waals surface area contributed by atoms with Gasteiger partial charge in [-0.05, 0) is 0 Å². The number of carbonyl (C=O) groups excluding carboxylic acids is 2. The summed E-state index contributed by atoms with van der Waals surface area (Å²) in [5.74, 6) is -0.341. The van der Waals surface area contributed by atoms with E-state index in [0.29, 0.717) is 6.29 Å². The highest BCUT2D eigenvalue weighted by Gasteiger charge is 2.06. The molecule has 0 aromatic carbocycles. The van der Waals surface area contributed by atoms with Gasteiger partial charge < -0.3 is 5.32 Å². The van der Waals surface area contributed by atoms with Gasteiger partial charge in [0, 0.05) is 18.2 Å². The van der Waals surface area contributed by atoms with Crippen molar-refractivity contribution < 1.29 is 9.59 Å². The van der Waals surface area contributed by atoms with Crippen LogP contribution in [0, 0.1) is 0 Å². The van der Waals surface area contributed by atoms with Gasteiger partial charge >= 0.3 is 0 Å². The van der Waals surface area contributed by atoms with Gasteiger partial charge in [0.05, 0.1) is 0 Å². The molecular formula is C11H17NO2. The van der Waals surface area contributed by atoms with E-state index in [9.17, 15) is 9.59 Å². The number of aldehydes is 1. The average molecular weight is 195 g/mol. The lowest BCUT2D eigenvalue weighted by atomic mass is 10.1. The molecule has 3 heteroatoms. The Bertz CT molecular complexity index is 242. The fourth-order valence-electron chi connectivity index (χ4n) is 0.698. The van der Waals surface area contributed by atoms with Crippen LogP contribution in [-0.2, 0) is 9.59 Å². The standard InChI is InChI=1S/C9H11NO2.C2H6/c1-4-7(6-11)8(5-2)9(12)10-3;1-2/h4-6H,1-2H2,3H3,(H,10,12);1-2H3/b8-7-;. The van der Waals surface area contributed by atoms with Crippen molar-refractivity contribution in [2.45, 2.75) is 13.8 Å². The van der Waals surface area contributed by atoms with Crippen LogP contribution in [0.3, 0.4) is 0 Å². The van der Waals surface area contributed by atoms with E-state index < -0.39 is 0 Å². The molecule has 1 amide bonds. The summed E-state index contributed by atoms with van der Waals surface area (Å²) in [6.45, 7) is 10.8. The Kier molecular flexibility index (Phi) is 10.0. The second-order valence-electron chi connectivity index (χ2n) is 1.97. The first-order valence-corrected chi connectivity index (χ1v) is 4.37. The Labute approximate surface area is 85.2 Å². The molecular weight excluding hydrogens is 178 g/mol. The molecule has 0 aliphatic heterocycles. The maximum atomic E-state index is 11.1. The molecule has 0 heterocycles. The van der Waals surface area contributed by atoms with Crippen LogP contribution in [-0.4, -0.2) is 19.2 Å². The molecule has 0 aliphatic rings. The Morgan fingerprint density at radius 3 is 1.93 bits per heavy atom. The molecule has 78 valence electrons. The summed E-state index contributed by atoms with van der Waals surface area (Å²) < 4.78 is 0. The fourth-order valence-corrected chi connectivity index (χ4v) is 0.698. The lowest BCUT2D eigenvalue weighted by Crippen LogP contribution is -2.20. The van der Waals surface area contributed by atoms with Gasteiger partial charge in [0.15, 0.2) is 6.29 Å². The van der Waals surface area contributed by atoms with Crippen molar-refractivity contribution in [3.8, 4) is 0 Å². The van der Waals surface area contributed by atoms with E-state index in [-0.39, 0.29) is 17.1 Å². The normalized spacial score (nSPS) is 9.93. The molecule has 0 aromatic rings. The minimum Gasteiger partial charge on any atom is -0.355 e. The summed E-state index contributed by atoms with van der Waals surface area (Å²) in [5.41, 5.74) is 0.479. The Morgan fingerprint density at radius 2 is 1.71 bits per heavy atom. The zero-order valence-electron chi connectivity index (χ0n) is 8.96. The van der Waals surface area contributed by atoms with Crippen molar-refractivity contribution in [2.75, 3.05) is 7.05 Å². The molecule has 0 atom stereocenters. The summed E-state index contributed by atoms with van der Waals surface area (Å²) >= 11 is 0. The molecule has 0 rings (SSSR count). The van der Waals surface area contributed by atoms with Gasteiger partial charge in [0.25, 0.3) is 5.91 Å². The second kappa shape index (κ2) is 9.45. The van der Waals surface area contributed by atoms with Crippen LogP contribution in [0.25, 0.3) is 0 Å². The molecule has 0 aliphatic carbocycles. The highest BCUT2D eigenvalue weighted by Crippen LogP contribution is 2.04. The Hall–Kier alpha value is -1.64. The fraction of sp³-hybridized carbons (Fsp3) is 0.273. The summed E-state index contributed by atoms with van der Waals surface area (Å²) in [4.78, 5) is 21.5. The third kappa shape index (κ3) is 4.40. The molecule has 0 spiro atoms. The van der Waals surface area contributed by atoms with Gasteiger partial charge in [-0.25, -0.2) is 0 Å². The van der Waals surface area contributed by atoms with Gasteiger partial charge in [0.1, 0.15) is 0 Å². The lowest BCUT2D eigenvalue weighted by molar-refractivity contribution is -0.117. The van der Waals surface area contributed by atoms with Crippen LogP contribution in [0.5, 0.6) is 0 Å². The van der Waals surface area contributed by atoms with Crippen molar-refractivity contribution in [3.05, 3.63) is 36.5 Å². The topological polar surface area (TPSA) is 46.2 Å². The van der Waals surface area contributed by atoms with Crippen LogP contribution in [0.4, 0.5) is 0 Å². The summed E-state index contributed by atoms with van der Waals surface area (Å²) in [7, 11) is 1.48. The molecule has 0 radical (unpaired) electrons. The highest BCUT2D eigenvalue weighted by molar-refractivity contribution is 6.02. The maximum Gasteiger partial charge on any atom is 0.251 e. The summed E-state index contributed by atoms with van der Waals surface area (Å²) in [6.07, 6.45) is 3.21. The molecule has 14 heavy (non-hydrogen) atoms. The number of rotatable bonds is 4. The second-order valence-corrected chi connectivity index (χ2v) is 1.97. The van der Waals surface area contributed by atoms with Crippen LogP contribution in [0.15, 0.2) is 36.5 Å². The van der Waals surface area contributed by atoms with Crippen LogP contribution < -0.4 is 5.32 Å². The van der Waals surface area contributed by atoms with Crippen molar-refractivity contribution >= 4 is 12.2 Å². The van der Waals surface area contributed by atoms with Gasteiger partial charge in [-0.15, -0.1) is 0 Å². The van der Waals surface area contributed by atoms with E-state index >= 15 is 0 Å². The van der Waals surface area contributed by atoms with Crippen LogP contribution in [0.2, 0.25) is 0 Å². The molecule has 0 saturated carbocycles. The number of hydrogen-bond acceptors (Lipinski definition) is 2. The van der Waals surface area contributed by atoms with E-state index in [2.05, 4.69) is 18.5 Å². The van der Waals surface area contributed by atoms with Crippen LogP contribution in [0.1, 0.15) is 13.8 Å². The first kappa shape index (κ1) is 14.9. The first-order chi connectivity index (χ1) is 6.71. The Balaban J connectivity index is 0. The van der Waals surface area contributed by atoms with E-state index in [1.54, 1.807) is 0 Å². The van der Waals surface area contributed by atoms with Gasteiger partial charge in [0.2, 0.25) is 0 Å². The van der Waals surface area contributed by atoms with Crippen LogP contribution >= 0.6 is 0 Å². The number of nitrogens with one attached hydrogen (secondary N) is 1. The quantitative estimate of drug-likeness (QED) is 0.421. The number of hydrogen-bond donors (Lipinski definition) is 1. The third-order valence-corrected chi connectivity index (χ3v) is 1.33. The molecule has 0 saturated heterocycles. The zero-order chi connectivity index (χ0) is 11.6. The average Bonchev–Trinajstić information content (AvgIpc) is 2.27. The predicted octanol–water partition coefficient (Wildman–Crippen LogP) is 1.63. The van der Waals surface area contributed by atoms with Gasteiger partial charge in [-0.3, -0.25) is 9.59 Å². The minimum atomic E-state index is -0.341. The van der Waals surface area contributed by atoms with Crippen molar-refractivity contribution in [1.29, 1.82) is 0 Å². The molecule has 0 aromatic heterocycles. The van der Waals surface area contributed by atoms with Crippen molar-refractivity contribution in [2.24, 2.45) is 0 Å². The molecule has 1 N–H and O–H groups in total. The van der Waals surface area contributed by atoms with E-state index in [1.165, 1.54) is 19.2 Å². The number of likely N-dealkylation sites (N-methyl/N-ethyl adjacent to an activating group) is 1. The van der Waals surface area contributed by atoms with E-state index in [0.717, 1.165) is 0 Å². The predicted molar refractivity (Wildman–Crippen MR) is 58.9 cm³/mol. The zero-order valence-corrected chi connectivity index (χ0v) is 8.96. The van der Waals surface area contributed by atoms with E-state index in [1.807, 2.05) is 13.8 Å². The molecule has 0 bridgehead atoms. The largest absolute Gasteiger partial charge is 0.355 e. The van der Waals surface area contributed by atoms with E-state index in [4.69, 9.17) is 0 Å². The molecule has 0 fully saturated rings. The first-order valence-electron chi connectivity index (χ1n) is 4.37. The monoisotopic (exact) mass is 195 g/mol. The summed E-state index contributed by atoms with van der Waals surface area (Å²) in [6, 6.07) is 0. The highest BCUT2D eigenvalue weighted by atomic mass is 16.1. The molecule has 0 unspecified atom stereocenters. The number of allylic oxidation sites excluding steroid dienone is 2. The Morgan fingerprint density at radius 1 is 1.21 bits per heavy atom. The van der Waals surface area contributed by atoms with Gasteiger partial charge in [-0.2, -0.15) is 0 Å². The smallest absolute Gasteiger partial charge is 0.251 e.